The maximum absolute atomic E-state index is 12.7. The van der Waals surface area contributed by atoms with Crippen molar-refractivity contribution < 1.29 is 14.3 Å². The van der Waals surface area contributed by atoms with E-state index in [1.54, 1.807) is 31.2 Å². The Morgan fingerprint density at radius 3 is 2.50 bits per heavy atom. The van der Waals surface area contributed by atoms with Gasteiger partial charge in [0.15, 0.2) is 5.11 Å². The zero-order valence-corrected chi connectivity index (χ0v) is 15.9. The van der Waals surface area contributed by atoms with Crippen LogP contribution in [0.3, 0.4) is 0 Å². The Kier molecular flexibility index (Phi) is 6.08. The summed E-state index contributed by atoms with van der Waals surface area (Å²) in [5.74, 6) is -0.140. The molecule has 0 aromatic heterocycles. The molecule has 1 amide bonds. The second-order valence-electron chi connectivity index (χ2n) is 6.61. The lowest BCUT2D eigenvalue weighted by molar-refractivity contribution is -0.133. The SMILES string of the molecule is CCOC(=O)c1ccc(NC(=S)N2CCC[C@H]2C(=O)N2CCCC2)cc1. The van der Waals surface area contributed by atoms with Crippen LogP contribution in [0.5, 0.6) is 0 Å². The van der Waals surface area contributed by atoms with E-state index in [9.17, 15) is 9.59 Å². The van der Waals surface area contributed by atoms with Crippen LogP contribution in [0.25, 0.3) is 0 Å². The smallest absolute Gasteiger partial charge is 0.338 e. The largest absolute Gasteiger partial charge is 0.462 e. The summed E-state index contributed by atoms with van der Waals surface area (Å²) in [4.78, 5) is 28.4. The molecule has 0 bridgehead atoms. The molecule has 1 aromatic rings. The van der Waals surface area contributed by atoms with Crippen LogP contribution in [0.15, 0.2) is 24.3 Å². The topological polar surface area (TPSA) is 61.9 Å². The van der Waals surface area contributed by atoms with Crippen molar-refractivity contribution in [3.63, 3.8) is 0 Å². The van der Waals surface area contributed by atoms with E-state index >= 15 is 0 Å². The second-order valence-corrected chi connectivity index (χ2v) is 7.00. The maximum atomic E-state index is 12.7. The van der Waals surface area contributed by atoms with Crippen LogP contribution < -0.4 is 5.32 Å². The average Bonchev–Trinajstić information content (AvgIpc) is 3.34. The van der Waals surface area contributed by atoms with Gasteiger partial charge in [0.1, 0.15) is 6.04 Å². The van der Waals surface area contributed by atoms with E-state index < -0.39 is 0 Å². The number of hydrogen-bond donors (Lipinski definition) is 1. The van der Waals surface area contributed by atoms with Crippen molar-refractivity contribution in [3.8, 4) is 0 Å². The van der Waals surface area contributed by atoms with Crippen LogP contribution >= 0.6 is 12.2 Å². The third-order valence-electron chi connectivity index (χ3n) is 4.86. The van der Waals surface area contributed by atoms with Gasteiger partial charge in [0, 0.05) is 25.3 Å². The Bertz CT molecular complexity index is 671. The highest BCUT2D eigenvalue weighted by atomic mass is 32.1. The fourth-order valence-electron chi connectivity index (χ4n) is 3.51. The molecule has 3 rings (SSSR count). The Morgan fingerprint density at radius 1 is 1.15 bits per heavy atom. The van der Waals surface area contributed by atoms with Gasteiger partial charge in [0.05, 0.1) is 12.2 Å². The minimum atomic E-state index is -0.336. The molecular formula is C19H25N3O3S. The van der Waals surface area contributed by atoms with E-state index in [1.807, 2.05) is 9.80 Å². The Hall–Kier alpha value is -2.15. The molecule has 2 saturated heterocycles. The number of likely N-dealkylation sites (tertiary alicyclic amines) is 2. The van der Waals surface area contributed by atoms with Gasteiger partial charge in [-0.25, -0.2) is 4.79 Å². The summed E-state index contributed by atoms with van der Waals surface area (Å²) >= 11 is 5.55. The van der Waals surface area contributed by atoms with Crippen LogP contribution in [0.2, 0.25) is 0 Å². The number of anilines is 1. The maximum Gasteiger partial charge on any atom is 0.338 e. The molecule has 1 aromatic carbocycles. The lowest BCUT2D eigenvalue weighted by Crippen LogP contribution is -2.48. The highest BCUT2D eigenvalue weighted by Crippen LogP contribution is 2.23. The summed E-state index contributed by atoms with van der Waals surface area (Å²) in [6.45, 7) is 4.64. The number of rotatable bonds is 4. The molecule has 2 heterocycles. The van der Waals surface area contributed by atoms with Crippen molar-refractivity contribution in [1.82, 2.24) is 9.80 Å². The van der Waals surface area contributed by atoms with Crippen molar-refractivity contribution in [2.45, 2.75) is 38.6 Å². The van der Waals surface area contributed by atoms with Gasteiger partial charge in [-0.3, -0.25) is 4.79 Å². The average molecular weight is 375 g/mol. The van der Waals surface area contributed by atoms with E-state index in [4.69, 9.17) is 17.0 Å². The van der Waals surface area contributed by atoms with E-state index in [-0.39, 0.29) is 17.9 Å². The van der Waals surface area contributed by atoms with Crippen molar-refractivity contribution in [2.75, 3.05) is 31.6 Å². The first-order valence-corrected chi connectivity index (χ1v) is 9.64. The van der Waals surface area contributed by atoms with E-state index in [2.05, 4.69) is 5.32 Å². The van der Waals surface area contributed by atoms with Crippen molar-refractivity contribution in [2.24, 2.45) is 0 Å². The lowest BCUT2D eigenvalue weighted by Gasteiger charge is -2.29. The molecule has 2 aliphatic rings. The zero-order valence-electron chi connectivity index (χ0n) is 15.1. The van der Waals surface area contributed by atoms with Gasteiger partial charge in [0.2, 0.25) is 5.91 Å². The first-order chi connectivity index (χ1) is 12.6. The fourth-order valence-corrected chi connectivity index (χ4v) is 3.85. The lowest BCUT2D eigenvalue weighted by atomic mass is 10.2. The van der Waals surface area contributed by atoms with E-state index in [0.29, 0.717) is 17.3 Å². The molecule has 1 N–H and O–H groups in total. The van der Waals surface area contributed by atoms with Crippen molar-refractivity contribution in [3.05, 3.63) is 29.8 Å². The molecular weight excluding hydrogens is 350 g/mol. The Morgan fingerprint density at radius 2 is 1.85 bits per heavy atom. The third-order valence-corrected chi connectivity index (χ3v) is 5.20. The van der Waals surface area contributed by atoms with Gasteiger partial charge in [-0.15, -0.1) is 0 Å². The van der Waals surface area contributed by atoms with Crippen LogP contribution in [0, 0.1) is 0 Å². The normalized spacial score (nSPS) is 19.5. The van der Waals surface area contributed by atoms with Crippen LogP contribution in [0.1, 0.15) is 43.0 Å². The summed E-state index contributed by atoms with van der Waals surface area (Å²) in [5, 5.41) is 3.75. The number of carbonyl (C=O) groups excluding carboxylic acids is 2. The highest BCUT2D eigenvalue weighted by Gasteiger charge is 2.35. The highest BCUT2D eigenvalue weighted by molar-refractivity contribution is 7.80. The quantitative estimate of drug-likeness (QED) is 0.645. The predicted molar refractivity (Wildman–Crippen MR) is 104 cm³/mol. The molecule has 0 radical (unpaired) electrons. The van der Waals surface area contributed by atoms with Crippen LogP contribution in [0.4, 0.5) is 5.69 Å². The third kappa shape index (κ3) is 4.15. The van der Waals surface area contributed by atoms with Gasteiger partial charge < -0.3 is 19.9 Å². The molecule has 6 nitrogen and oxygen atoms in total. The summed E-state index contributed by atoms with van der Waals surface area (Å²) in [6, 6.07) is 6.85. The molecule has 0 aliphatic carbocycles. The molecule has 140 valence electrons. The molecule has 0 unspecified atom stereocenters. The monoisotopic (exact) mass is 375 g/mol. The molecule has 26 heavy (non-hydrogen) atoms. The second kappa shape index (κ2) is 8.49. The molecule has 7 heteroatoms. The van der Waals surface area contributed by atoms with Gasteiger partial charge in [-0.05, 0) is 69.1 Å². The Balaban J connectivity index is 1.61. The summed E-state index contributed by atoms with van der Waals surface area (Å²) in [5.41, 5.74) is 1.30. The molecule has 0 spiro atoms. The minimum absolute atomic E-state index is 0.160. The first kappa shape index (κ1) is 18.6. The zero-order chi connectivity index (χ0) is 18.5. The van der Waals surface area contributed by atoms with Crippen LogP contribution in [-0.2, 0) is 9.53 Å². The predicted octanol–water partition coefficient (Wildman–Crippen LogP) is 2.65. The molecule has 2 aliphatic heterocycles. The van der Waals surface area contributed by atoms with Gasteiger partial charge >= 0.3 is 5.97 Å². The number of thiocarbonyl (C=S) groups is 1. The number of hydrogen-bond acceptors (Lipinski definition) is 4. The molecule has 0 saturated carbocycles. The number of esters is 1. The fraction of sp³-hybridized carbons (Fsp3) is 0.526. The van der Waals surface area contributed by atoms with Crippen LogP contribution in [-0.4, -0.2) is 59.1 Å². The minimum Gasteiger partial charge on any atom is -0.462 e. The number of ether oxygens (including phenoxy) is 1. The van der Waals surface area contributed by atoms with Crippen molar-refractivity contribution in [1.29, 1.82) is 0 Å². The Labute approximate surface area is 159 Å². The van der Waals surface area contributed by atoms with Crippen molar-refractivity contribution >= 4 is 34.9 Å². The first-order valence-electron chi connectivity index (χ1n) is 9.23. The number of benzene rings is 1. The molecule has 1 atom stereocenters. The number of nitrogens with zero attached hydrogens (tertiary/aromatic N) is 2. The standard InChI is InChI=1S/C19H25N3O3S/c1-2-25-18(24)14-7-9-15(10-8-14)20-19(26)22-13-5-6-16(22)17(23)21-11-3-4-12-21/h7-10,16H,2-6,11-13H2,1H3,(H,20,26)/t16-/m0/s1. The summed E-state index contributed by atoms with van der Waals surface area (Å²) < 4.78 is 4.98. The van der Waals surface area contributed by atoms with Gasteiger partial charge in [-0.1, -0.05) is 0 Å². The van der Waals surface area contributed by atoms with Gasteiger partial charge in [0.25, 0.3) is 0 Å². The van der Waals surface area contributed by atoms with Gasteiger partial charge in [-0.2, -0.15) is 0 Å². The number of amides is 1. The number of nitrogens with one attached hydrogen (secondary N) is 1. The summed E-state index contributed by atoms with van der Waals surface area (Å²) in [6.07, 6.45) is 3.99. The number of carbonyl (C=O) groups is 2. The van der Waals surface area contributed by atoms with E-state index in [0.717, 1.165) is 51.0 Å². The summed E-state index contributed by atoms with van der Waals surface area (Å²) in [7, 11) is 0. The molecule has 2 fully saturated rings. The van der Waals surface area contributed by atoms with E-state index in [1.165, 1.54) is 0 Å².